The third-order valence-corrected chi connectivity index (χ3v) is 4.64. The predicted octanol–water partition coefficient (Wildman–Crippen LogP) is 3.45. The van der Waals surface area contributed by atoms with Gasteiger partial charge in [0.15, 0.2) is 6.29 Å². The maximum absolute atomic E-state index is 12.4. The minimum Gasteiger partial charge on any atom is -0.459 e. The molecular formula is C22H24O6. The number of benzene rings is 2. The van der Waals surface area contributed by atoms with Gasteiger partial charge in [-0.2, -0.15) is 0 Å². The topological polar surface area (TPSA) is 71.1 Å². The van der Waals surface area contributed by atoms with Crippen LogP contribution in [0, 0.1) is 13.8 Å². The van der Waals surface area contributed by atoms with E-state index in [0.717, 1.165) is 11.1 Å². The zero-order valence-electron chi connectivity index (χ0n) is 16.2. The van der Waals surface area contributed by atoms with Gasteiger partial charge in [0, 0.05) is 13.5 Å². The van der Waals surface area contributed by atoms with Crippen molar-refractivity contribution in [1.29, 1.82) is 0 Å². The molecule has 0 bridgehead atoms. The summed E-state index contributed by atoms with van der Waals surface area (Å²) >= 11 is 0. The normalized spacial score (nSPS) is 21.3. The van der Waals surface area contributed by atoms with Crippen LogP contribution in [0.1, 0.15) is 38.3 Å². The highest BCUT2D eigenvalue weighted by Crippen LogP contribution is 2.25. The van der Waals surface area contributed by atoms with Crippen molar-refractivity contribution in [2.75, 3.05) is 13.7 Å². The van der Waals surface area contributed by atoms with Crippen LogP contribution in [-0.4, -0.2) is 44.2 Å². The molecule has 0 amide bonds. The summed E-state index contributed by atoms with van der Waals surface area (Å²) < 4.78 is 21.9. The molecular weight excluding hydrogens is 360 g/mol. The lowest BCUT2D eigenvalue weighted by Crippen LogP contribution is -2.32. The van der Waals surface area contributed by atoms with E-state index in [2.05, 4.69) is 0 Å². The van der Waals surface area contributed by atoms with E-state index in [-0.39, 0.29) is 6.61 Å². The summed E-state index contributed by atoms with van der Waals surface area (Å²) in [5, 5.41) is 0. The molecule has 6 heteroatoms. The number of hydrogen-bond donors (Lipinski definition) is 0. The summed E-state index contributed by atoms with van der Waals surface area (Å²) in [5.74, 6) is -0.895. The first kappa shape index (κ1) is 20.0. The van der Waals surface area contributed by atoms with Gasteiger partial charge in [0.05, 0.1) is 11.1 Å². The van der Waals surface area contributed by atoms with Crippen molar-refractivity contribution in [3.05, 3.63) is 70.8 Å². The lowest BCUT2D eigenvalue weighted by atomic mass is 10.1. The maximum Gasteiger partial charge on any atom is 0.338 e. The van der Waals surface area contributed by atoms with Crippen molar-refractivity contribution in [2.45, 2.75) is 38.8 Å². The fourth-order valence-electron chi connectivity index (χ4n) is 2.93. The van der Waals surface area contributed by atoms with E-state index in [1.165, 1.54) is 7.11 Å². The molecule has 1 aliphatic heterocycles. The van der Waals surface area contributed by atoms with Crippen LogP contribution in [0.2, 0.25) is 0 Å². The minimum absolute atomic E-state index is 0.0294. The van der Waals surface area contributed by atoms with Gasteiger partial charge in [-0.1, -0.05) is 35.4 Å². The average molecular weight is 384 g/mol. The third kappa shape index (κ3) is 4.97. The van der Waals surface area contributed by atoms with Gasteiger partial charge in [-0.15, -0.1) is 0 Å². The molecule has 0 radical (unpaired) electrons. The zero-order chi connectivity index (χ0) is 20.1. The van der Waals surface area contributed by atoms with E-state index in [4.69, 9.17) is 18.9 Å². The van der Waals surface area contributed by atoms with Crippen LogP contribution < -0.4 is 0 Å². The van der Waals surface area contributed by atoms with Gasteiger partial charge < -0.3 is 18.9 Å². The third-order valence-electron chi connectivity index (χ3n) is 4.64. The Morgan fingerprint density at radius 1 is 0.929 bits per heavy atom. The fourth-order valence-corrected chi connectivity index (χ4v) is 2.93. The number of carbonyl (C=O) groups excluding carboxylic acids is 2. The smallest absolute Gasteiger partial charge is 0.338 e. The second-order valence-electron chi connectivity index (χ2n) is 6.85. The Morgan fingerprint density at radius 3 is 2.00 bits per heavy atom. The Balaban J connectivity index is 1.61. The number of ether oxygens (including phenoxy) is 4. The summed E-state index contributed by atoms with van der Waals surface area (Å²) in [5.41, 5.74) is 3.03. The highest BCUT2D eigenvalue weighted by Gasteiger charge is 2.39. The van der Waals surface area contributed by atoms with Crippen molar-refractivity contribution in [3.63, 3.8) is 0 Å². The number of rotatable bonds is 6. The van der Waals surface area contributed by atoms with Gasteiger partial charge in [-0.3, -0.25) is 0 Å². The number of esters is 2. The molecule has 1 heterocycles. The van der Waals surface area contributed by atoms with Crippen LogP contribution in [0.4, 0.5) is 0 Å². The lowest BCUT2D eigenvalue weighted by molar-refractivity contribution is -0.128. The average Bonchev–Trinajstić information content (AvgIpc) is 3.09. The predicted molar refractivity (Wildman–Crippen MR) is 102 cm³/mol. The second-order valence-corrected chi connectivity index (χ2v) is 6.85. The number of methoxy groups -OCH3 is 1. The summed E-state index contributed by atoms with van der Waals surface area (Å²) in [4.78, 5) is 24.6. The molecule has 1 unspecified atom stereocenters. The van der Waals surface area contributed by atoms with Gasteiger partial charge in [0.25, 0.3) is 0 Å². The number of carbonyl (C=O) groups is 2. The van der Waals surface area contributed by atoms with Crippen molar-refractivity contribution >= 4 is 11.9 Å². The fraction of sp³-hybridized carbons (Fsp3) is 0.364. The zero-order valence-corrected chi connectivity index (χ0v) is 16.2. The molecule has 6 nitrogen and oxygen atoms in total. The molecule has 0 aliphatic carbocycles. The van der Waals surface area contributed by atoms with Crippen LogP contribution >= 0.6 is 0 Å². The Kier molecular flexibility index (Phi) is 6.44. The molecule has 2 aromatic rings. The molecule has 0 N–H and O–H groups in total. The standard InChI is InChI=1S/C22H24O6/c1-14-4-8-16(9-5-14)21(23)26-13-19-18(12-20(25-3)27-19)28-22(24)17-10-6-15(2)7-11-17/h4-11,18-20H,12-13H2,1-3H3/t18-,19+,20?/m1/s1. The highest BCUT2D eigenvalue weighted by atomic mass is 16.7. The van der Waals surface area contributed by atoms with E-state index in [9.17, 15) is 9.59 Å². The molecule has 3 atom stereocenters. The molecule has 3 rings (SSSR count). The largest absolute Gasteiger partial charge is 0.459 e. The monoisotopic (exact) mass is 384 g/mol. The van der Waals surface area contributed by atoms with Crippen LogP contribution in [0.15, 0.2) is 48.5 Å². The Labute approximate surface area is 164 Å². The van der Waals surface area contributed by atoms with Crippen molar-refractivity contribution in [1.82, 2.24) is 0 Å². The van der Waals surface area contributed by atoms with Gasteiger partial charge in [0.2, 0.25) is 0 Å². The minimum atomic E-state index is -0.589. The Morgan fingerprint density at radius 2 is 1.46 bits per heavy atom. The first-order chi connectivity index (χ1) is 13.5. The van der Waals surface area contributed by atoms with Crippen LogP contribution in [0.25, 0.3) is 0 Å². The van der Waals surface area contributed by atoms with Gasteiger partial charge in [0.1, 0.15) is 18.8 Å². The summed E-state index contributed by atoms with van der Waals surface area (Å²) in [6, 6.07) is 14.2. The molecule has 1 aliphatic rings. The Bertz CT molecular complexity index is 812. The van der Waals surface area contributed by atoms with Crippen molar-refractivity contribution in [2.24, 2.45) is 0 Å². The lowest BCUT2D eigenvalue weighted by Gasteiger charge is -2.19. The SMILES string of the molecule is COC1C[C@@H](OC(=O)c2ccc(C)cc2)[C@H](COC(=O)c2ccc(C)cc2)O1. The molecule has 28 heavy (non-hydrogen) atoms. The second kappa shape index (κ2) is 8.99. The molecule has 0 aromatic heterocycles. The molecule has 1 fully saturated rings. The Hall–Kier alpha value is -2.70. The molecule has 0 saturated carbocycles. The maximum atomic E-state index is 12.4. The number of hydrogen-bond acceptors (Lipinski definition) is 6. The van der Waals surface area contributed by atoms with E-state index in [1.807, 2.05) is 38.1 Å². The van der Waals surface area contributed by atoms with E-state index < -0.39 is 30.4 Å². The first-order valence-corrected chi connectivity index (χ1v) is 9.16. The molecule has 2 aromatic carbocycles. The van der Waals surface area contributed by atoms with Crippen LogP contribution in [-0.2, 0) is 18.9 Å². The van der Waals surface area contributed by atoms with Gasteiger partial charge >= 0.3 is 11.9 Å². The van der Waals surface area contributed by atoms with E-state index in [0.29, 0.717) is 17.5 Å². The van der Waals surface area contributed by atoms with Gasteiger partial charge in [-0.25, -0.2) is 9.59 Å². The van der Waals surface area contributed by atoms with Crippen molar-refractivity contribution in [3.8, 4) is 0 Å². The molecule has 148 valence electrons. The summed E-state index contributed by atoms with van der Waals surface area (Å²) in [6.07, 6.45) is -1.29. The molecule has 1 saturated heterocycles. The van der Waals surface area contributed by atoms with Crippen LogP contribution in [0.3, 0.4) is 0 Å². The summed E-state index contributed by atoms with van der Waals surface area (Å²) in [6.45, 7) is 3.86. The summed E-state index contributed by atoms with van der Waals surface area (Å²) in [7, 11) is 1.52. The van der Waals surface area contributed by atoms with Crippen molar-refractivity contribution < 1.29 is 28.5 Å². The van der Waals surface area contributed by atoms with Crippen LogP contribution in [0.5, 0.6) is 0 Å². The first-order valence-electron chi connectivity index (χ1n) is 9.16. The van der Waals surface area contributed by atoms with E-state index >= 15 is 0 Å². The quantitative estimate of drug-likeness (QED) is 0.711. The highest BCUT2D eigenvalue weighted by molar-refractivity contribution is 5.90. The van der Waals surface area contributed by atoms with Gasteiger partial charge in [-0.05, 0) is 38.1 Å². The van der Waals surface area contributed by atoms with E-state index in [1.54, 1.807) is 24.3 Å². The molecule has 0 spiro atoms. The number of aryl methyl sites for hydroxylation is 2.